The number of rotatable bonds is 6. The quantitative estimate of drug-likeness (QED) is 0.640. The van der Waals surface area contributed by atoms with Gasteiger partial charge in [-0.2, -0.15) is 0 Å². The summed E-state index contributed by atoms with van der Waals surface area (Å²) in [5.41, 5.74) is 1.19. The molecule has 0 radical (unpaired) electrons. The number of hydrogen-bond donors (Lipinski definition) is 1. The summed E-state index contributed by atoms with van der Waals surface area (Å²) in [7, 11) is 1.67. The van der Waals surface area contributed by atoms with Gasteiger partial charge in [-0.25, -0.2) is 0 Å². The van der Waals surface area contributed by atoms with Gasteiger partial charge in [-0.15, -0.1) is 12.3 Å². The minimum atomic E-state index is 0.822. The SMILES string of the molecule is C#CCCCNCc1cc(OC)ccc1Br. The molecule has 1 aromatic rings. The van der Waals surface area contributed by atoms with Gasteiger partial charge in [0.2, 0.25) is 0 Å². The average Bonchev–Trinajstić information content (AvgIpc) is 2.31. The number of ether oxygens (including phenoxy) is 1. The van der Waals surface area contributed by atoms with E-state index in [9.17, 15) is 0 Å². The van der Waals surface area contributed by atoms with Crippen LogP contribution in [0.3, 0.4) is 0 Å². The highest BCUT2D eigenvalue weighted by Gasteiger charge is 2.01. The van der Waals surface area contributed by atoms with E-state index in [1.807, 2.05) is 18.2 Å². The lowest BCUT2D eigenvalue weighted by atomic mass is 10.2. The molecule has 0 saturated carbocycles. The molecular weight excluding hydrogens is 266 g/mol. The molecule has 0 saturated heterocycles. The molecule has 1 N–H and O–H groups in total. The molecule has 86 valence electrons. The summed E-state index contributed by atoms with van der Waals surface area (Å²) in [5, 5.41) is 3.35. The number of benzene rings is 1. The van der Waals surface area contributed by atoms with E-state index >= 15 is 0 Å². The van der Waals surface area contributed by atoms with E-state index in [2.05, 4.69) is 27.2 Å². The maximum absolute atomic E-state index is 5.18. The van der Waals surface area contributed by atoms with Crippen molar-refractivity contribution in [3.63, 3.8) is 0 Å². The van der Waals surface area contributed by atoms with Crippen molar-refractivity contribution in [2.75, 3.05) is 13.7 Å². The lowest BCUT2D eigenvalue weighted by molar-refractivity contribution is 0.414. The molecule has 16 heavy (non-hydrogen) atoms. The fourth-order valence-corrected chi connectivity index (χ4v) is 1.74. The molecule has 1 rings (SSSR count). The van der Waals surface area contributed by atoms with Gasteiger partial charge in [-0.1, -0.05) is 15.9 Å². The van der Waals surface area contributed by atoms with Crippen molar-refractivity contribution in [1.29, 1.82) is 0 Å². The van der Waals surface area contributed by atoms with Crippen LogP contribution >= 0.6 is 15.9 Å². The molecule has 0 spiro atoms. The number of unbranched alkanes of at least 4 members (excludes halogenated alkanes) is 1. The van der Waals surface area contributed by atoms with Crippen LogP contribution in [0, 0.1) is 12.3 Å². The monoisotopic (exact) mass is 281 g/mol. The molecule has 2 nitrogen and oxygen atoms in total. The Hall–Kier alpha value is -0.980. The van der Waals surface area contributed by atoms with Crippen LogP contribution in [-0.2, 0) is 6.54 Å². The number of methoxy groups -OCH3 is 1. The summed E-state index contributed by atoms with van der Waals surface area (Å²) < 4.78 is 6.27. The minimum absolute atomic E-state index is 0.822. The first kappa shape index (κ1) is 13.1. The second-order valence-electron chi connectivity index (χ2n) is 3.44. The maximum atomic E-state index is 5.18. The summed E-state index contributed by atoms with van der Waals surface area (Å²) >= 11 is 3.51. The van der Waals surface area contributed by atoms with Crippen LogP contribution in [0.25, 0.3) is 0 Å². The molecular formula is C13H16BrNO. The van der Waals surface area contributed by atoms with Crippen LogP contribution in [0.4, 0.5) is 0 Å². The van der Waals surface area contributed by atoms with Gasteiger partial charge in [0.25, 0.3) is 0 Å². The normalized spacial score (nSPS) is 9.81. The van der Waals surface area contributed by atoms with Crippen molar-refractivity contribution >= 4 is 15.9 Å². The van der Waals surface area contributed by atoms with E-state index < -0.39 is 0 Å². The largest absolute Gasteiger partial charge is 0.497 e. The summed E-state index contributed by atoms with van der Waals surface area (Å²) in [6.07, 6.45) is 7.02. The van der Waals surface area contributed by atoms with E-state index in [4.69, 9.17) is 11.2 Å². The third-order valence-corrected chi connectivity index (χ3v) is 3.02. The Morgan fingerprint density at radius 3 is 3.00 bits per heavy atom. The molecule has 0 unspecified atom stereocenters. The number of halogens is 1. The summed E-state index contributed by atoms with van der Waals surface area (Å²) in [5.74, 6) is 3.51. The number of hydrogen-bond acceptors (Lipinski definition) is 2. The van der Waals surface area contributed by atoms with Crippen LogP contribution in [0.5, 0.6) is 5.75 Å². The van der Waals surface area contributed by atoms with Crippen LogP contribution in [0.2, 0.25) is 0 Å². The second kappa shape index (κ2) is 7.32. The maximum Gasteiger partial charge on any atom is 0.119 e. The van der Waals surface area contributed by atoms with Gasteiger partial charge in [-0.3, -0.25) is 0 Å². The standard InChI is InChI=1S/C13H16BrNO/c1-3-4-5-8-15-10-11-9-12(16-2)6-7-13(11)14/h1,6-7,9,15H,4-5,8,10H2,2H3. The second-order valence-corrected chi connectivity index (χ2v) is 4.30. The smallest absolute Gasteiger partial charge is 0.119 e. The van der Waals surface area contributed by atoms with Gasteiger partial charge in [0, 0.05) is 17.4 Å². The molecule has 0 heterocycles. The average molecular weight is 282 g/mol. The first-order chi connectivity index (χ1) is 7.77. The molecule has 0 fully saturated rings. The van der Waals surface area contributed by atoms with Crippen molar-refractivity contribution in [2.24, 2.45) is 0 Å². The molecule has 0 aliphatic carbocycles. The lowest BCUT2D eigenvalue weighted by Crippen LogP contribution is -2.14. The van der Waals surface area contributed by atoms with Crippen molar-refractivity contribution in [1.82, 2.24) is 5.32 Å². The zero-order chi connectivity index (χ0) is 11.8. The fourth-order valence-electron chi connectivity index (χ4n) is 1.35. The van der Waals surface area contributed by atoms with Gasteiger partial charge in [-0.05, 0) is 36.7 Å². The molecule has 0 aliphatic heterocycles. The molecule has 0 bridgehead atoms. The highest BCUT2D eigenvalue weighted by Crippen LogP contribution is 2.22. The lowest BCUT2D eigenvalue weighted by Gasteiger charge is -2.08. The highest BCUT2D eigenvalue weighted by molar-refractivity contribution is 9.10. The predicted octanol–water partition coefficient (Wildman–Crippen LogP) is 2.96. The Labute approximate surface area is 106 Å². The number of terminal acetylenes is 1. The fraction of sp³-hybridized carbons (Fsp3) is 0.385. The predicted molar refractivity (Wildman–Crippen MR) is 70.5 cm³/mol. The first-order valence-electron chi connectivity index (χ1n) is 5.24. The third-order valence-electron chi connectivity index (χ3n) is 2.24. The molecule has 0 aliphatic rings. The molecule has 0 atom stereocenters. The Kier molecular flexibility index (Phi) is 5.99. The highest BCUT2D eigenvalue weighted by atomic mass is 79.9. The van der Waals surface area contributed by atoms with Crippen molar-refractivity contribution in [3.8, 4) is 18.1 Å². The summed E-state index contributed by atoms with van der Waals surface area (Å²) in [6, 6.07) is 5.96. The first-order valence-corrected chi connectivity index (χ1v) is 6.04. The van der Waals surface area contributed by atoms with Crippen LogP contribution in [0.15, 0.2) is 22.7 Å². The Balaban J connectivity index is 2.43. The molecule has 0 amide bonds. The van der Waals surface area contributed by atoms with Crippen LogP contribution in [-0.4, -0.2) is 13.7 Å². The zero-order valence-electron chi connectivity index (χ0n) is 9.42. The van der Waals surface area contributed by atoms with Crippen molar-refractivity contribution in [2.45, 2.75) is 19.4 Å². The van der Waals surface area contributed by atoms with Crippen LogP contribution < -0.4 is 10.1 Å². The molecule has 3 heteroatoms. The van der Waals surface area contributed by atoms with E-state index in [0.717, 1.165) is 36.2 Å². The van der Waals surface area contributed by atoms with Gasteiger partial charge in [0.05, 0.1) is 7.11 Å². The van der Waals surface area contributed by atoms with Crippen molar-refractivity contribution in [3.05, 3.63) is 28.2 Å². The van der Waals surface area contributed by atoms with Gasteiger partial charge in [0.15, 0.2) is 0 Å². The number of nitrogens with one attached hydrogen (secondary N) is 1. The third kappa shape index (κ3) is 4.26. The Bertz CT molecular complexity index is 371. The minimum Gasteiger partial charge on any atom is -0.497 e. The summed E-state index contributed by atoms with van der Waals surface area (Å²) in [6.45, 7) is 1.76. The Morgan fingerprint density at radius 2 is 2.31 bits per heavy atom. The van der Waals surface area contributed by atoms with Gasteiger partial charge in [0.1, 0.15) is 5.75 Å². The van der Waals surface area contributed by atoms with E-state index in [-0.39, 0.29) is 0 Å². The van der Waals surface area contributed by atoms with Crippen molar-refractivity contribution < 1.29 is 4.74 Å². The summed E-state index contributed by atoms with van der Waals surface area (Å²) in [4.78, 5) is 0. The van der Waals surface area contributed by atoms with Crippen LogP contribution in [0.1, 0.15) is 18.4 Å². The topological polar surface area (TPSA) is 21.3 Å². The van der Waals surface area contributed by atoms with Gasteiger partial charge < -0.3 is 10.1 Å². The van der Waals surface area contributed by atoms with E-state index in [1.54, 1.807) is 7.11 Å². The molecule has 1 aromatic carbocycles. The Morgan fingerprint density at radius 1 is 1.50 bits per heavy atom. The van der Waals surface area contributed by atoms with E-state index in [0.29, 0.717) is 0 Å². The van der Waals surface area contributed by atoms with E-state index in [1.165, 1.54) is 5.56 Å². The van der Waals surface area contributed by atoms with Gasteiger partial charge >= 0.3 is 0 Å². The molecule has 0 aromatic heterocycles. The zero-order valence-corrected chi connectivity index (χ0v) is 11.0.